The van der Waals surface area contributed by atoms with Gasteiger partial charge in [0, 0.05) is 11.1 Å². The standard InChI is InChI=1S/C18H13Cl2N3O3/c1-25-16-15(21-9-22-17(16)20)12-5-3-4-11(14(12)19)13-7-6-10(8-24)18(23-13)26-2/h3-9H,1-2H3. The molecule has 0 aliphatic heterocycles. The molecule has 0 saturated carbocycles. The predicted molar refractivity (Wildman–Crippen MR) is 99.2 cm³/mol. The number of carbonyl (C=O) groups is 1. The van der Waals surface area contributed by atoms with Gasteiger partial charge < -0.3 is 9.47 Å². The minimum atomic E-state index is 0.189. The molecule has 26 heavy (non-hydrogen) atoms. The third kappa shape index (κ3) is 3.21. The van der Waals surface area contributed by atoms with E-state index in [9.17, 15) is 4.79 Å². The van der Waals surface area contributed by atoms with Gasteiger partial charge in [0.2, 0.25) is 5.88 Å². The van der Waals surface area contributed by atoms with E-state index in [4.69, 9.17) is 32.7 Å². The number of halogens is 2. The molecule has 0 aliphatic rings. The summed E-state index contributed by atoms with van der Waals surface area (Å²) in [5.41, 5.74) is 2.64. The van der Waals surface area contributed by atoms with Crippen molar-refractivity contribution in [2.75, 3.05) is 14.2 Å². The summed E-state index contributed by atoms with van der Waals surface area (Å²) in [7, 11) is 2.93. The monoisotopic (exact) mass is 389 g/mol. The fraction of sp³-hybridized carbons (Fsp3) is 0.111. The van der Waals surface area contributed by atoms with Gasteiger partial charge in [0.15, 0.2) is 17.2 Å². The normalized spacial score (nSPS) is 10.5. The van der Waals surface area contributed by atoms with E-state index in [0.717, 1.165) is 0 Å². The summed E-state index contributed by atoms with van der Waals surface area (Å²) in [6.07, 6.45) is 2.02. The van der Waals surface area contributed by atoms with E-state index < -0.39 is 0 Å². The van der Waals surface area contributed by atoms with E-state index in [2.05, 4.69) is 15.0 Å². The predicted octanol–water partition coefficient (Wildman–Crippen LogP) is 4.34. The van der Waals surface area contributed by atoms with Crippen LogP contribution in [-0.2, 0) is 0 Å². The molecule has 2 heterocycles. The van der Waals surface area contributed by atoms with Crippen LogP contribution in [0.15, 0.2) is 36.7 Å². The maximum Gasteiger partial charge on any atom is 0.224 e. The molecule has 132 valence electrons. The molecule has 0 fully saturated rings. The van der Waals surface area contributed by atoms with Gasteiger partial charge in [-0.05, 0) is 12.1 Å². The summed E-state index contributed by atoms with van der Waals surface area (Å²) in [6, 6.07) is 8.74. The molecule has 8 heteroatoms. The topological polar surface area (TPSA) is 74.2 Å². The van der Waals surface area contributed by atoms with Gasteiger partial charge in [-0.15, -0.1) is 0 Å². The van der Waals surface area contributed by atoms with E-state index in [-0.39, 0.29) is 11.0 Å². The summed E-state index contributed by atoms with van der Waals surface area (Å²) in [6.45, 7) is 0. The Balaban J connectivity index is 2.18. The molecule has 0 amide bonds. The molecule has 0 radical (unpaired) electrons. The molecular formula is C18H13Cl2N3O3. The maximum absolute atomic E-state index is 11.1. The molecule has 0 spiro atoms. The van der Waals surface area contributed by atoms with Gasteiger partial charge in [0.1, 0.15) is 12.0 Å². The highest BCUT2D eigenvalue weighted by atomic mass is 35.5. The van der Waals surface area contributed by atoms with Crippen molar-refractivity contribution < 1.29 is 14.3 Å². The fourth-order valence-electron chi connectivity index (χ4n) is 2.49. The Morgan fingerprint density at radius 2 is 1.77 bits per heavy atom. The highest BCUT2D eigenvalue weighted by Gasteiger charge is 2.18. The molecule has 0 N–H and O–H groups in total. The molecule has 0 unspecified atom stereocenters. The van der Waals surface area contributed by atoms with Gasteiger partial charge in [-0.3, -0.25) is 4.79 Å². The van der Waals surface area contributed by atoms with Crippen LogP contribution < -0.4 is 9.47 Å². The number of methoxy groups -OCH3 is 2. The Kier molecular flexibility index (Phi) is 5.35. The zero-order valence-electron chi connectivity index (χ0n) is 13.9. The molecule has 0 atom stereocenters. The Morgan fingerprint density at radius 3 is 2.46 bits per heavy atom. The number of benzene rings is 1. The fourth-order valence-corrected chi connectivity index (χ4v) is 3.01. The Hall–Kier alpha value is -2.70. The summed E-state index contributed by atoms with van der Waals surface area (Å²) >= 11 is 12.7. The molecule has 0 saturated heterocycles. The van der Waals surface area contributed by atoms with Crippen LogP contribution in [-0.4, -0.2) is 35.5 Å². The largest absolute Gasteiger partial charge is 0.491 e. The first-order valence-electron chi connectivity index (χ1n) is 7.44. The maximum atomic E-state index is 11.1. The second-order valence-electron chi connectivity index (χ2n) is 5.13. The Labute approximate surface area is 159 Å². The average Bonchev–Trinajstić information content (AvgIpc) is 2.67. The lowest BCUT2D eigenvalue weighted by Gasteiger charge is -2.13. The summed E-state index contributed by atoms with van der Waals surface area (Å²) in [5, 5.41) is 0.600. The zero-order chi connectivity index (χ0) is 18.7. The molecule has 0 aliphatic carbocycles. The van der Waals surface area contributed by atoms with Crippen molar-refractivity contribution >= 4 is 29.5 Å². The van der Waals surface area contributed by atoms with Crippen molar-refractivity contribution in [3.05, 3.63) is 52.4 Å². The van der Waals surface area contributed by atoms with Gasteiger partial charge >= 0.3 is 0 Å². The lowest BCUT2D eigenvalue weighted by atomic mass is 10.0. The second kappa shape index (κ2) is 7.68. The van der Waals surface area contributed by atoms with Crippen molar-refractivity contribution in [3.8, 4) is 34.1 Å². The van der Waals surface area contributed by atoms with Gasteiger partial charge in [0.25, 0.3) is 0 Å². The number of hydrogen-bond donors (Lipinski definition) is 0. The van der Waals surface area contributed by atoms with E-state index >= 15 is 0 Å². The summed E-state index contributed by atoms with van der Waals surface area (Å²) in [5.74, 6) is 0.552. The van der Waals surface area contributed by atoms with Crippen LogP contribution in [0.1, 0.15) is 10.4 Å². The highest BCUT2D eigenvalue weighted by Crippen LogP contribution is 2.40. The first kappa shape index (κ1) is 18.1. The van der Waals surface area contributed by atoms with Crippen LogP contribution in [0, 0.1) is 0 Å². The number of aldehydes is 1. The minimum absolute atomic E-state index is 0.189. The number of ether oxygens (including phenoxy) is 2. The number of pyridine rings is 1. The van der Waals surface area contributed by atoms with E-state index in [1.807, 2.05) is 12.1 Å². The number of nitrogens with zero attached hydrogens (tertiary/aromatic N) is 3. The second-order valence-corrected chi connectivity index (χ2v) is 5.86. The van der Waals surface area contributed by atoms with Crippen molar-refractivity contribution in [2.24, 2.45) is 0 Å². The lowest BCUT2D eigenvalue weighted by molar-refractivity contribution is 0.112. The number of hydrogen-bond acceptors (Lipinski definition) is 6. The first-order valence-corrected chi connectivity index (χ1v) is 8.20. The zero-order valence-corrected chi connectivity index (χ0v) is 15.4. The number of rotatable bonds is 5. The van der Waals surface area contributed by atoms with Gasteiger partial charge in [0.05, 0.1) is 30.5 Å². The number of carbonyl (C=O) groups excluding carboxylic acids is 1. The van der Waals surface area contributed by atoms with Crippen molar-refractivity contribution in [2.45, 2.75) is 0 Å². The number of aromatic nitrogens is 3. The lowest BCUT2D eigenvalue weighted by Crippen LogP contribution is -1.98. The molecule has 0 bridgehead atoms. The van der Waals surface area contributed by atoms with Crippen LogP contribution in [0.3, 0.4) is 0 Å². The molecule has 1 aromatic carbocycles. The third-order valence-electron chi connectivity index (χ3n) is 3.70. The molecule has 6 nitrogen and oxygen atoms in total. The average molecular weight is 390 g/mol. The van der Waals surface area contributed by atoms with Crippen LogP contribution in [0.25, 0.3) is 22.5 Å². The molecule has 3 aromatic rings. The van der Waals surface area contributed by atoms with Gasteiger partial charge in [-0.25, -0.2) is 15.0 Å². The Morgan fingerprint density at radius 1 is 1.00 bits per heavy atom. The Bertz CT molecular complexity index is 980. The summed E-state index contributed by atoms with van der Waals surface area (Å²) in [4.78, 5) is 23.6. The van der Waals surface area contributed by atoms with Crippen LogP contribution >= 0.6 is 23.2 Å². The van der Waals surface area contributed by atoms with Crippen LogP contribution in [0.2, 0.25) is 10.2 Å². The van der Waals surface area contributed by atoms with Crippen molar-refractivity contribution in [3.63, 3.8) is 0 Å². The molecule has 2 aromatic heterocycles. The third-order valence-corrected chi connectivity index (χ3v) is 4.38. The van der Waals surface area contributed by atoms with Crippen molar-refractivity contribution in [1.82, 2.24) is 15.0 Å². The van der Waals surface area contributed by atoms with Gasteiger partial charge in [-0.1, -0.05) is 41.4 Å². The van der Waals surface area contributed by atoms with Crippen molar-refractivity contribution in [1.29, 1.82) is 0 Å². The highest BCUT2D eigenvalue weighted by molar-refractivity contribution is 6.36. The smallest absolute Gasteiger partial charge is 0.224 e. The SMILES string of the molecule is COc1nc(-c2cccc(-c3ncnc(Cl)c3OC)c2Cl)ccc1C=O. The first-order chi connectivity index (χ1) is 12.6. The minimum Gasteiger partial charge on any atom is -0.491 e. The van der Waals surface area contributed by atoms with Gasteiger partial charge in [-0.2, -0.15) is 0 Å². The van der Waals surface area contributed by atoms with E-state index in [1.54, 1.807) is 18.2 Å². The van der Waals surface area contributed by atoms with E-state index in [0.29, 0.717) is 45.1 Å². The quantitative estimate of drug-likeness (QED) is 0.477. The molecular weight excluding hydrogens is 377 g/mol. The van der Waals surface area contributed by atoms with Crippen LogP contribution in [0.4, 0.5) is 0 Å². The van der Waals surface area contributed by atoms with Crippen LogP contribution in [0.5, 0.6) is 11.6 Å². The molecule has 3 rings (SSSR count). The van der Waals surface area contributed by atoms with E-state index in [1.165, 1.54) is 20.5 Å². The summed E-state index contributed by atoms with van der Waals surface area (Å²) < 4.78 is 10.5.